The Kier molecular flexibility index (Phi) is 5.35. The molecule has 1 atom stereocenters. The molecule has 0 aliphatic carbocycles. The summed E-state index contributed by atoms with van der Waals surface area (Å²) in [7, 11) is -1.53. The van der Waals surface area contributed by atoms with E-state index in [2.05, 4.69) is 20.9 Å². The van der Waals surface area contributed by atoms with Crippen molar-refractivity contribution in [2.75, 3.05) is 13.2 Å². The zero-order chi connectivity index (χ0) is 18.2. The van der Waals surface area contributed by atoms with Gasteiger partial charge in [-0.2, -0.15) is 0 Å². The third kappa shape index (κ3) is 3.97. The van der Waals surface area contributed by atoms with Crippen LogP contribution in [-0.4, -0.2) is 38.7 Å². The van der Waals surface area contributed by atoms with Crippen LogP contribution in [-0.2, 0) is 25.1 Å². The van der Waals surface area contributed by atoms with Crippen LogP contribution in [0.2, 0.25) is 0 Å². The second-order valence-corrected chi connectivity index (χ2v) is 11.1. The highest BCUT2D eigenvalue weighted by Gasteiger charge is 2.49. The molecule has 136 valence electrons. The topological polar surface area (TPSA) is 65.5 Å². The number of hydrogen-bond donors (Lipinski definition) is 0. The lowest BCUT2D eigenvalue weighted by Crippen LogP contribution is -2.50. The average molecular weight is 446 g/mol. The van der Waals surface area contributed by atoms with Gasteiger partial charge in [-0.1, -0.05) is 0 Å². The molecule has 1 saturated heterocycles. The molecule has 0 radical (unpaired) electrons. The predicted molar refractivity (Wildman–Crippen MR) is 102 cm³/mol. The molecule has 0 spiro atoms. The fourth-order valence-corrected chi connectivity index (χ4v) is 5.87. The number of rotatable bonds is 3. The first-order chi connectivity index (χ1) is 11.7. The van der Waals surface area contributed by atoms with Crippen LogP contribution in [0.1, 0.15) is 33.6 Å². The van der Waals surface area contributed by atoms with Crippen molar-refractivity contribution in [3.8, 4) is 0 Å². The zero-order valence-corrected chi connectivity index (χ0v) is 17.6. The number of thiazole rings is 1. The summed E-state index contributed by atoms with van der Waals surface area (Å²) < 4.78 is 25.1. The normalized spacial score (nSPS) is 18.9. The van der Waals surface area contributed by atoms with Crippen LogP contribution in [0.15, 0.2) is 27.0 Å². The largest absolute Gasteiger partial charge is 0.459 e. The molecule has 1 aromatic carbocycles. The Bertz CT molecular complexity index is 822. The molecular formula is C17H20BrNO4S2. The third-order valence-electron chi connectivity index (χ3n) is 3.97. The van der Waals surface area contributed by atoms with E-state index in [-0.39, 0.29) is 0 Å². The fourth-order valence-electron chi connectivity index (χ4n) is 2.76. The molecule has 0 N–H and O–H groups in total. The summed E-state index contributed by atoms with van der Waals surface area (Å²) >= 11 is 4.85. The minimum Gasteiger partial charge on any atom is -0.459 e. The lowest BCUT2D eigenvalue weighted by Gasteiger charge is -2.36. The molecule has 5 nitrogen and oxygen atoms in total. The van der Waals surface area contributed by atoms with Gasteiger partial charge in [0.15, 0.2) is 8.66 Å². The predicted octanol–water partition coefficient (Wildman–Crippen LogP) is 4.06. The van der Waals surface area contributed by atoms with Gasteiger partial charge < -0.3 is 9.47 Å². The number of aromatic nitrogens is 1. The molecule has 2 heterocycles. The van der Waals surface area contributed by atoms with Crippen molar-refractivity contribution in [1.82, 2.24) is 4.98 Å². The number of fused-ring (bicyclic) bond motifs is 1. The molecule has 8 heteroatoms. The van der Waals surface area contributed by atoms with E-state index in [1.807, 2.05) is 32.9 Å². The second kappa shape index (κ2) is 7.06. The number of halogens is 1. The van der Waals surface area contributed by atoms with Crippen molar-refractivity contribution in [2.45, 2.75) is 48.9 Å². The van der Waals surface area contributed by atoms with Gasteiger partial charge in [-0.05, 0) is 67.7 Å². The van der Waals surface area contributed by atoms with Gasteiger partial charge in [-0.15, -0.1) is 11.3 Å². The first kappa shape index (κ1) is 18.9. The minimum absolute atomic E-state index is 0.388. The highest BCUT2D eigenvalue weighted by Crippen LogP contribution is 2.36. The van der Waals surface area contributed by atoms with Gasteiger partial charge in [-0.3, -0.25) is 9.00 Å². The maximum absolute atomic E-state index is 13.4. The Morgan fingerprint density at radius 1 is 1.36 bits per heavy atom. The molecule has 0 saturated carbocycles. The molecular weight excluding hydrogens is 426 g/mol. The maximum Gasteiger partial charge on any atom is 0.325 e. The van der Waals surface area contributed by atoms with E-state index < -0.39 is 27.1 Å². The lowest BCUT2D eigenvalue weighted by atomic mass is 9.99. The summed E-state index contributed by atoms with van der Waals surface area (Å²) in [6.45, 7) is 6.27. The molecule has 1 fully saturated rings. The Balaban J connectivity index is 1.99. The van der Waals surface area contributed by atoms with Crippen molar-refractivity contribution in [1.29, 1.82) is 0 Å². The Labute approximate surface area is 161 Å². The van der Waals surface area contributed by atoms with Crippen LogP contribution in [0.4, 0.5) is 0 Å². The van der Waals surface area contributed by atoms with Crippen molar-refractivity contribution < 1.29 is 18.5 Å². The molecule has 1 aromatic heterocycles. The van der Waals surface area contributed by atoms with E-state index in [4.69, 9.17) is 9.47 Å². The highest BCUT2D eigenvalue weighted by molar-refractivity contribution is 9.11. The van der Waals surface area contributed by atoms with E-state index in [0.29, 0.717) is 31.0 Å². The molecule has 1 aliphatic rings. The van der Waals surface area contributed by atoms with Gasteiger partial charge in [0, 0.05) is 18.1 Å². The maximum atomic E-state index is 13.4. The fraction of sp³-hybridized carbons (Fsp3) is 0.529. The number of esters is 1. The number of hydrogen-bond acceptors (Lipinski definition) is 6. The van der Waals surface area contributed by atoms with E-state index in [1.165, 1.54) is 11.3 Å². The van der Waals surface area contributed by atoms with Crippen LogP contribution in [0, 0.1) is 0 Å². The molecule has 25 heavy (non-hydrogen) atoms. The summed E-state index contributed by atoms with van der Waals surface area (Å²) in [5, 5.41) is 0. The molecule has 0 amide bonds. The van der Waals surface area contributed by atoms with E-state index >= 15 is 0 Å². The summed E-state index contributed by atoms with van der Waals surface area (Å²) in [5.74, 6) is -0.410. The van der Waals surface area contributed by atoms with E-state index in [9.17, 15) is 9.00 Å². The van der Waals surface area contributed by atoms with Crippen LogP contribution in [0.3, 0.4) is 0 Å². The molecule has 1 aliphatic heterocycles. The smallest absolute Gasteiger partial charge is 0.325 e. The molecule has 1 unspecified atom stereocenters. The molecule has 0 bridgehead atoms. The Morgan fingerprint density at radius 3 is 2.68 bits per heavy atom. The number of benzene rings is 1. The number of carbonyl (C=O) groups is 1. The van der Waals surface area contributed by atoms with Crippen molar-refractivity contribution in [2.24, 2.45) is 0 Å². The third-order valence-corrected chi connectivity index (χ3v) is 7.41. The van der Waals surface area contributed by atoms with E-state index in [0.717, 1.165) is 14.1 Å². The monoisotopic (exact) mass is 445 g/mol. The quantitative estimate of drug-likeness (QED) is 0.666. The van der Waals surface area contributed by atoms with Crippen molar-refractivity contribution >= 4 is 54.3 Å². The first-order valence-corrected chi connectivity index (χ1v) is 10.8. The van der Waals surface area contributed by atoms with E-state index in [1.54, 1.807) is 6.07 Å². The number of carbonyl (C=O) groups excluding carboxylic acids is 1. The summed E-state index contributed by atoms with van der Waals surface area (Å²) in [6.07, 6.45) is 0.776. The summed E-state index contributed by atoms with van der Waals surface area (Å²) in [4.78, 5) is 17.9. The van der Waals surface area contributed by atoms with Crippen LogP contribution in [0.5, 0.6) is 0 Å². The summed E-state index contributed by atoms with van der Waals surface area (Å²) in [6, 6.07) is 5.48. The van der Waals surface area contributed by atoms with Gasteiger partial charge in [0.1, 0.15) is 5.60 Å². The lowest BCUT2D eigenvalue weighted by molar-refractivity contribution is -0.160. The van der Waals surface area contributed by atoms with Crippen LogP contribution >= 0.6 is 27.3 Å². The minimum atomic E-state index is -1.53. The highest BCUT2D eigenvalue weighted by atomic mass is 79.9. The SMILES string of the molecule is CC(C)(C)OC(=O)C1(S(=O)c2ccc3nc(Br)sc3c2)CCOCC1. The van der Waals surface area contributed by atoms with Gasteiger partial charge in [0.05, 0.1) is 21.0 Å². The second-order valence-electron chi connectivity index (χ2n) is 6.97. The number of nitrogens with zero attached hydrogens (tertiary/aromatic N) is 1. The average Bonchev–Trinajstić information content (AvgIpc) is 2.92. The van der Waals surface area contributed by atoms with Crippen LogP contribution in [0.25, 0.3) is 10.2 Å². The van der Waals surface area contributed by atoms with Gasteiger partial charge in [-0.25, -0.2) is 4.98 Å². The van der Waals surface area contributed by atoms with Crippen molar-refractivity contribution in [3.05, 3.63) is 22.1 Å². The van der Waals surface area contributed by atoms with Gasteiger partial charge in [0.2, 0.25) is 0 Å². The number of ether oxygens (including phenoxy) is 2. The first-order valence-electron chi connectivity index (χ1n) is 8.00. The Morgan fingerprint density at radius 2 is 2.04 bits per heavy atom. The molecule has 2 aromatic rings. The van der Waals surface area contributed by atoms with Crippen molar-refractivity contribution in [3.63, 3.8) is 0 Å². The van der Waals surface area contributed by atoms with Gasteiger partial charge >= 0.3 is 5.97 Å². The zero-order valence-electron chi connectivity index (χ0n) is 14.3. The summed E-state index contributed by atoms with van der Waals surface area (Å²) in [5.41, 5.74) is 0.218. The Hall–Kier alpha value is -0.830. The standard InChI is InChI=1S/C17H20BrNO4S2/c1-16(2,3)23-14(20)17(6-8-22-9-7-17)25(21)11-4-5-12-13(10-11)24-15(18)19-12/h4-5,10H,6-9H2,1-3H3. The van der Waals surface area contributed by atoms with Crippen LogP contribution < -0.4 is 0 Å². The van der Waals surface area contributed by atoms with Gasteiger partial charge in [0.25, 0.3) is 0 Å². The molecule has 3 rings (SSSR count).